The van der Waals surface area contributed by atoms with Gasteiger partial charge in [-0.3, -0.25) is 4.79 Å². The molecule has 2 aliphatic rings. The lowest BCUT2D eigenvalue weighted by atomic mass is 10.0. The molecule has 0 spiro atoms. The molecule has 1 fully saturated rings. The standard InChI is InChI=1S/C11H15N3O4S/c15-11(16)7-3-4-9-12-10(13-14(9)6-7)8-2-1-5-19(8,17)18/h7-8H,1-6H2,(H,15,16). The van der Waals surface area contributed by atoms with Crippen LogP contribution in [0.2, 0.25) is 0 Å². The Morgan fingerprint density at radius 1 is 1.37 bits per heavy atom. The SMILES string of the molecule is O=C(O)C1CCc2nc(C3CCCS3(=O)=O)nn2C1. The van der Waals surface area contributed by atoms with Crippen LogP contribution in [0.15, 0.2) is 0 Å². The van der Waals surface area contributed by atoms with Crippen LogP contribution >= 0.6 is 0 Å². The highest BCUT2D eigenvalue weighted by atomic mass is 32.2. The highest BCUT2D eigenvalue weighted by Gasteiger charge is 2.37. The summed E-state index contributed by atoms with van der Waals surface area (Å²) in [6.07, 6.45) is 2.28. The van der Waals surface area contributed by atoms with E-state index in [1.54, 1.807) is 4.68 Å². The Balaban J connectivity index is 1.90. The molecule has 1 saturated heterocycles. The minimum atomic E-state index is -3.12. The van der Waals surface area contributed by atoms with Crippen molar-refractivity contribution in [2.24, 2.45) is 5.92 Å². The second kappa shape index (κ2) is 4.29. The molecule has 0 amide bonds. The number of aliphatic carboxylic acids is 1. The monoisotopic (exact) mass is 285 g/mol. The van der Waals surface area contributed by atoms with Crippen molar-refractivity contribution in [1.29, 1.82) is 0 Å². The first-order valence-electron chi connectivity index (χ1n) is 6.35. The molecule has 7 nitrogen and oxygen atoms in total. The quantitative estimate of drug-likeness (QED) is 0.831. The number of carboxylic acid groups (broad SMARTS) is 1. The maximum atomic E-state index is 11.9. The minimum Gasteiger partial charge on any atom is -0.481 e. The molecule has 2 atom stereocenters. The predicted octanol–water partition coefficient (Wildman–Crippen LogP) is 0.175. The van der Waals surface area contributed by atoms with E-state index < -0.39 is 27.0 Å². The maximum Gasteiger partial charge on any atom is 0.308 e. The molecule has 0 aromatic carbocycles. The van der Waals surface area contributed by atoms with Crippen LogP contribution in [-0.4, -0.2) is 40.0 Å². The van der Waals surface area contributed by atoms with E-state index in [0.717, 1.165) is 0 Å². The number of sulfone groups is 1. The summed E-state index contributed by atoms with van der Waals surface area (Å²) in [4.78, 5) is 15.3. The summed E-state index contributed by atoms with van der Waals surface area (Å²) in [6.45, 7) is 0.282. The predicted molar refractivity (Wildman–Crippen MR) is 65.2 cm³/mol. The second-order valence-electron chi connectivity index (χ2n) is 5.14. The van der Waals surface area contributed by atoms with Crippen LogP contribution < -0.4 is 0 Å². The first-order chi connectivity index (χ1) is 8.97. The highest BCUT2D eigenvalue weighted by molar-refractivity contribution is 7.91. The van der Waals surface area contributed by atoms with Crippen LogP contribution in [0.5, 0.6) is 0 Å². The van der Waals surface area contributed by atoms with Gasteiger partial charge in [-0.15, -0.1) is 0 Å². The van der Waals surface area contributed by atoms with Crippen LogP contribution in [0.25, 0.3) is 0 Å². The van der Waals surface area contributed by atoms with Gasteiger partial charge in [-0.05, 0) is 19.3 Å². The van der Waals surface area contributed by atoms with Gasteiger partial charge in [-0.2, -0.15) is 5.10 Å². The van der Waals surface area contributed by atoms with E-state index in [0.29, 0.717) is 37.3 Å². The molecule has 0 aliphatic carbocycles. The van der Waals surface area contributed by atoms with Crippen molar-refractivity contribution in [3.63, 3.8) is 0 Å². The zero-order valence-corrected chi connectivity index (χ0v) is 11.1. The number of hydrogen-bond acceptors (Lipinski definition) is 5. The van der Waals surface area contributed by atoms with Crippen LogP contribution in [0.1, 0.15) is 36.2 Å². The van der Waals surface area contributed by atoms with E-state index in [1.165, 1.54) is 0 Å². The topological polar surface area (TPSA) is 102 Å². The number of fused-ring (bicyclic) bond motifs is 1. The molecule has 2 unspecified atom stereocenters. The number of hydrogen-bond donors (Lipinski definition) is 1. The molecule has 8 heteroatoms. The largest absolute Gasteiger partial charge is 0.481 e. The van der Waals surface area contributed by atoms with Crippen molar-refractivity contribution in [2.75, 3.05) is 5.75 Å². The van der Waals surface area contributed by atoms with E-state index >= 15 is 0 Å². The number of rotatable bonds is 2. The van der Waals surface area contributed by atoms with Gasteiger partial charge in [0.2, 0.25) is 0 Å². The summed E-state index contributed by atoms with van der Waals surface area (Å²) >= 11 is 0. The number of nitrogens with zero attached hydrogens (tertiary/aromatic N) is 3. The zero-order valence-electron chi connectivity index (χ0n) is 10.3. The zero-order chi connectivity index (χ0) is 13.6. The average Bonchev–Trinajstić information content (AvgIpc) is 2.89. The smallest absolute Gasteiger partial charge is 0.308 e. The number of aromatic nitrogens is 3. The normalized spacial score (nSPS) is 29.1. The van der Waals surface area contributed by atoms with Crippen molar-refractivity contribution in [3.8, 4) is 0 Å². The summed E-state index contributed by atoms with van der Waals surface area (Å²) in [5.41, 5.74) is 0. The van der Waals surface area contributed by atoms with Gasteiger partial charge < -0.3 is 5.11 Å². The number of aryl methyl sites for hydroxylation is 1. The van der Waals surface area contributed by atoms with Crippen LogP contribution in [0.3, 0.4) is 0 Å². The maximum absolute atomic E-state index is 11.9. The van der Waals surface area contributed by atoms with E-state index in [-0.39, 0.29) is 12.3 Å². The molecule has 1 aromatic heterocycles. The van der Waals surface area contributed by atoms with Gasteiger partial charge in [0.05, 0.1) is 18.2 Å². The Morgan fingerprint density at radius 3 is 2.79 bits per heavy atom. The van der Waals surface area contributed by atoms with E-state index in [2.05, 4.69) is 10.1 Å². The first kappa shape index (κ1) is 12.6. The third-order valence-corrected chi connectivity index (χ3v) is 6.01. The Bertz CT molecular complexity index is 622. The molecule has 0 radical (unpaired) electrons. The Hall–Kier alpha value is -1.44. The Kier molecular flexibility index (Phi) is 2.84. The molecule has 0 saturated carbocycles. The van der Waals surface area contributed by atoms with Crippen molar-refractivity contribution < 1.29 is 18.3 Å². The fourth-order valence-corrected chi connectivity index (χ4v) is 4.55. The van der Waals surface area contributed by atoms with Gasteiger partial charge >= 0.3 is 5.97 Å². The molecule has 0 bridgehead atoms. The number of carbonyl (C=O) groups is 1. The highest BCUT2D eigenvalue weighted by Crippen LogP contribution is 2.33. The van der Waals surface area contributed by atoms with Gasteiger partial charge in [0.25, 0.3) is 0 Å². The van der Waals surface area contributed by atoms with Gasteiger partial charge in [-0.25, -0.2) is 18.1 Å². The lowest BCUT2D eigenvalue weighted by molar-refractivity contribution is -0.142. The van der Waals surface area contributed by atoms with Gasteiger partial charge in [-0.1, -0.05) is 0 Å². The molecular formula is C11H15N3O4S. The fraction of sp³-hybridized carbons (Fsp3) is 0.727. The molecule has 3 heterocycles. The van der Waals surface area contributed by atoms with E-state index in [9.17, 15) is 13.2 Å². The lowest BCUT2D eigenvalue weighted by Crippen LogP contribution is -2.27. The molecule has 19 heavy (non-hydrogen) atoms. The van der Waals surface area contributed by atoms with Crippen molar-refractivity contribution >= 4 is 15.8 Å². The fourth-order valence-electron chi connectivity index (χ4n) is 2.75. The minimum absolute atomic E-state index is 0.194. The summed E-state index contributed by atoms with van der Waals surface area (Å²) in [5, 5.41) is 12.6. The van der Waals surface area contributed by atoms with Gasteiger partial charge in [0.1, 0.15) is 11.1 Å². The van der Waals surface area contributed by atoms with Crippen molar-refractivity contribution in [2.45, 2.75) is 37.5 Å². The van der Waals surface area contributed by atoms with Crippen molar-refractivity contribution in [3.05, 3.63) is 11.6 Å². The summed E-state index contributed by atoms with van der Waals surface area (Å²) in [6, 6.07) is 0. The van der Waals surface area contributed by atoms with Crippen LogP contribution in [0.4, 0.5) is 0 Å². The second-order valence-corrected chi connectivity index (χ2v) is 7.44. The Morgan fingerprint density at radius 2 is 2.16 bits per heavy atom. The molecule has 1 aromatic rings. The summed E-state index contributed by atoms with van der Waals surface area (Å²) in [7, 11) is -3.12. The third kappa shape index (κ3) is 2.13. The third-order valence-electron chi connectivity index (χ3n) is 3.84. The van der Waals surface area contributed by atoms with Gasteiger partial charge in [0.15, 0.2) is 15.7 Å². The average molecular weight is 285 g/mol. The van der Waals surface area contributed by atoms with Gasteiger partial charge in [0, 0.05) is 6.42 Å². The van der Waals surface area contributed by atoms with Crippen LogP contribution in [-0.2, 0) is 27.6 Å². The number of carboxylic acids is 1. The van der Waals surface area contributed by atoms with Crippen LogP contribution in [0, 0.1) is 5.92 Å². The van der Waals surface area contributed by atoms with E-state index in [1.807, 2.05) is 0 Å². The van der Waals surface area contributed by atoms with E-state index in [4.69, 9.17) is 5.11 Å². The Labute approximate surface area is 110 Å². The lowest BCUT2D eigenvalue weighted by Gasteiger charge is -2.18. The summed E-state index contributed by atoms with van der Waals surface area (Å²) in [5.74, 6) is -0.0502. The molecule has 3 rings (SSSR count). The molecule has 104 valence electrons. The summed E-state index contributed by atoms with van der Waals surface area (Å²) < 4.78 is 25.3. The van der Waals surface area contributed by atoms with Crippen molar-refractivity contribution in [1.82, 2.24) is 14.8 Å². The first-order valence-corrected chi connectivity index (χ1v) is 8.07. The molecule has 2 aliphatic heterocycles. The molecular weight excluding hydrogens is 270 g/mol. The molecule has 1 N–H and O–H groups in total.